The molecule has 4 heteroatoms. The SMILES string of the molecule is CNCCN(C)C(=O)c1ccc(CCN)cc1. The average Bonchev–Trinajstić information content (AvgIpc) is 2.36. The largest absolute Gasteiger partial charge is 0.340 e. The molecule has 0 fully saturated rings. The highest BCUT2D eigenvalue weighted by Gasteiger charge is 2.10. The summed E-state index contributed by atoms with van der Waals surface area (Å²) in [6.07, 6.45) is 0.851. The number of amides is 1. The molecule has 0 spiro atoms. The van der Waals surface area contributed by atoms with Crippen LogP contribution in [-0.2, 0) is 6.42 Å². The van der Waals surface area contributed by atoms with Crippen LogP contribution in [0.25, 0.3) is 0 Å². The van der Waals surface area contributed by atoms with Gasteiger partial charge in [0.25, 0.3) is 5.91 Å². The fourth-order valence-electron chi connectivity index (χ4n) is 1.58. The Hall–Kier alpha value is -1.39. The molecule has 0 radical (unpaired) electrons. The van der Waals surface area contributed by atoms with Crippen LogP contribution in [0.4, 0.5) is 0 Å². The molecular weight excluding hydrogens is 214 g/mol. The van der Waals surface area contributed by atoms with Crippen LogP contribution in [0.1, 0.15) is 15.9 Å². The summed E-state index contributed by atoms with van der Waals surface area (Å²) in [6.45, 7) is 2.14. The zero-order valence-corrected chi connectivity index (χ0v) is 10.6. The number of nitrogens with zero attached hydrogens (tertiary/aromatic N) is 1. The maximum Gasteiger partial charge on any atom is 0.253 e. The maximum absolute atomic E-state index is 12.0. The molecule has 0 atom stereocenters. The van der Waals surface area contributed by atoms with Gasteiger partial charge in [0.05, 0.1) is 0 Å². The zero-order chi connectivity index (χ0) is 12.7. The first-order valence-corrected chi connectivity index (χ1v) is 5.88. The molecule has 0 aromatic heterocycles. The zero-order valence-electron chi connectivity index (χ0n) is 10.6. The second-order valence-corrected chi connectivity index (χ2v) is 4.07. The monoisotopic (exact) mass is 235 g/mol. The first kappa shape index (κ1) is 13.7. The van der Waals surface area contributed by atoms with Gasteiger partial charge in [-0.2, -0.15) is 0 Å². The molecule has 0 aliphatic rings. The minimum Gasteiger partial charge on any atom is -0.340 e. The summed E-state index contributed by atoms with van der Waals surface area (Å²) in [7, 11) is 3.69. The summed E-state index contributed by atoms with van der Waals surface area (Å²) in [5, 5.41) is 3.02. The van der Waals surface area contributed by atoms with Gasteiger partial charge in [-0.3, -0.25) is 4.79 Å². The van der Waals surface area contributed by atoms with E-state index in [0.717, 1.165) is 18.5 Å². The number of carbonyl (C=O) groups is 1. The predicted octanol–water partition coefficient (Wildman–Crippen LogP) is 0.479. The molecule has 1 aromatic carbocycles. The Kier molecular flexibility index (Phi) is 5.66. The fourth-order valence-corrected chi connectivity index (χ4v) is 1.58. The van der Waals surface area contributed by atoms with E-state index in [1.165, 1.54) is 5.56 Å². The quantitative estimate of drug-likeness (QED) is 0.754. The van der Waals surface area contributed by atoms with Gasteiger partial charge >= 0.3 is 0 Å². The maximum atomic E-state index is 12.0. The number of nitrogens with two attached hydrogens (primary N) is 1. The van der Waals surface area contributed by atoms with E-state index in [2.05, 4.69) is 5.32 Å². The lowest BCUT2D eigenvalue weighted by atomic mass is 10.1. The summed E-state index contributed by atoms with van der Waals surface area (Å²) < 4.78 is 0. The molecule has 0 saturated heterocycles. The van der Waals surface area contributed by atoms with Crippen LogP contribution in [0.2, 0.25) is 0 Å². The molecule has 0 heterocycles. The lowest BCUT2D eigenvalue weighted by molar-refractivity contribution is 0.0797. The van der Waals surface area contributed by atoms with Gasteiger partial charge in [0.2, 0.25) is 0 Å². The van der Waals surface area contributed by atoms with Gasteiger partial charge in [-0.25, -0.2) is 0 Å². The molecule has 0 unspecified atom stereocenters. The molecule has 0 aliphatic carbocycles. The topological polar surface area (TPSA) is 58.4 Å². The van der Waals surface area contributed by atoms with Crippen molar-refractivity contribution in [2.24, 2.45) is 5.73 Å². The molecule has 1 amide bonds. The summed E-state index contributed by atoms with van der Waals surface area (Å²) in [6, 6.07) is 7.66. The molecule has 94 valence electrons. The van der Waals surface area contributed by atoms with Crippen molar-refractivity contribution < 1.29 is 4.79 Å². The molecular formula is C13H21N3O. The number of carbonyl (C=O) groups excluding carboxylic acids is 1. The molecule has 4 nitrogen and oxygen atoms in total. The number of benzene rings is 1. The molecule has 3 N–H and O–H groups in total. The Balaban J connectivity index is 2.62. The summed E-state index contributed by atoms with van der Waals surface area (Å²) in [5.41, 5.74) is 7.37. The predicted molar refractivity (Wildman–Crippen MR) is 70.1 cm³/mol. The first-order chi connectivity index (χ1) is 8.19. The van der Waals surface area contributed by atoms with Gasteiger partial charge < -0.3 is 16.0 Å². The van der Waals surface area contributed by atoms with E-state index in [4.69, 9.17) is 5.73 Å². The van der Waals surface area contributed by atoms with E-state index in [-0.39, 0.29) is 5.91 Å². The van der Waals surface area contributed by atoms with Crippen molar-refractivity contribution in [3.8, 4) is 0 Å². The van der Waals surface area contributed by atoms with Crippen LogP contribution in [0.3, 0.4) is 0 Å². The van der Waals surface area contributed by atoms with Crippen molar-refractivity contribution in [3.63, 3.8) is 0 Å². The van der Waals surface area contributed by atoms with Crippen molar-refractivity contribution in [2.75, 3.05) is 33.7 Å². The Morgan fingerprint density at radius 2 is 2.00 bits per heavy atom. The van der Waals surface area contributed by atoms with Gasteiger partial charge in [-0.1, -0.05) is 12.1 Å². The average molecular weight is 235 g/mol. The summed E-state index contributed by atoms with van der Waals surface area (Å²) >= 11 is 0. The molecule has 0 aliphatic heterocycles. The third kappa shape index (κ3) is 4.17. The molecule has 0 saturated carbocycles. The van der Waals surface area contributed by atoms with Crippen LogP contribution < -0.4 is 11.1 Å². The van der Waals surface area contributed by atoms with Crippen LogP contribution in [0.15, 0.2) is 24.3 Å². The minimum atomic E-state index is 0.0551. The van der Waals surface area contributed by atoms with Gasteiger partial charge in [-0.05, 0) is 37.7 Å². The second kappa shape index (κ2) is 7.04. The van der Waals surface area contributed by atoms with Crippen molar-refractivity contribution in [2.45, 2.75) is 6.42 Å². The Bertz CT molecular complexity index is 348. The Morgan fingerprint density at radius 3 is 2.53 bits per heavy atom. The second-order valence-electron chi connectivity index (χ2n) is 4.07. The number of rotatable bonds is 6. The number of likely N-dealkylation sites (N-methyl/N-ethyl adjacent to an activating group) is 2. The summed E-state index contributed by atoms with van der Waals surface area (Å²) in [5.74, 6) is 0.0551. The minimum absolute atomic E-state index is 0.0551. The lowest BCUT2D eigenvalue weighted by Gasteiger charge is -2.17. The fraction of sp³-hybridized carbons (Fsp3) is 0.462. The third-order valence-electron chi connectivity index (χ3n) is 2.68. The molecule has 1 rings (SSSR count). The summed E-state index contributed by atoms with van der Waals surface area (Å²) in [4.78, 5) is 13.7. The third-order valence-corrected chi connectivity index (χ3v) is 2.68. The van der Waals surface area contributed by atoms with Crippen LogP contribution in [0, 0.1) is 0 Å². The van der Waals surface area contributed by atoms with Gasteiger partial charge in [0.1, 0.15) is 0 Å². The number of hydrogen-bond donors (Lipinski definition) is 2. The number of nitrogens with one attached hydrogen (secondary N) is 1. The standard InChI is InChI=1S/C13H21N3O/c1-15-9-10-16(2)13(17)12-5-3-11(4-6-12)7-8-14/h3-6,15H,7-10,14H2,1-2H3. The first-order valence-electron chi connectivity index (χ1n) is 5.88. The smallest absolute Gasteiger partial charge is 0.253 e. The van der Waals surface area contributed by atoms with E-state index >= 15 is 0 Å². The van der Waals surface area contributed by atoms with Crippen molar-refractivity contribution in [1.29, 1.82) is 0 Å². The molecule has 17 heavy (non-hydrogen) atoms. The van der Waals surface area contributed by atoms with Crippen molar-refractivity contribution in [3.05, 3.63) is 35.4 Å². The van der Waals surface area contributed by atoms with Crippen molar-refractivity contribution >= 4 is 5.91 Å². The van der Waals surface area contributed by atoms with Crippen molar-refractivity contribution in [1.82, 2.24) is 10.2 Å². The Labute approximate surface area is 103 Å². The van der Waals surface area contributed by atoms with E-state index in [0.29, 0.717) is 13.1 Å². The van der Waals surface area contributed by atoms with Crippen LogP contribution >= 0.6 is 0 Å². The normalized spacial score (nSPS) is 10.3. The highest BCUT2D eigenvalue weighted by atomic mass is 16.2. The van der Waals surface area contributed by atoms with Gasteiger partial charge in [-0.15, -0.1) is 0 Å². The lowest BCUT2D eigenvalue weighted by Crippen LogP contribution is -2.32. The van der Waals surface area contributed by atoms with E-state index in [1.807, 2.05) is 38.4 Å². The van der Waals surface area contributed by atoms with E-state index in [1.54, 1.807) is 4.90 Å². The van der Waals surface area contributed by atoms with E-state index in [9.17, 15) is 4.79 Å². The highest BCUT2D eigenvalue weighted by Crippen LogP contribution is 2.07. The van der Waals surface area contributed by atoms with Gasteiger partial charge in [0, 0.05) is 25.7 Å². The number of hydrogen-bond acceptors (Lipinski definition) is 3. The van der Waals surface area contributed by atoms with Crippen LogP contribution in [0.5, 0.6) is 0 Å². The van der Waals surface area contributed by atoms with E-state index < -0.39 is 0 Å². The molecule has 1 aromatic rings. The Morgan fingerprint density at radius 1 is 1.35 bits per heavy atom. The highest BCUT2D eigenvalue weighted by molar-refractivity contribution is 5.94. The van der Waals surface area contributed by atoms with Crippen LogP contribution in [-0.4, -0.2) is 44.5 Å². The van der Waals surface area contributed by atoms with Gasteiger partial charge in [0.15, 0.2) is 0 Å². The molecule has 0 bridgehead atoms.